The summed E-state index contributed by atoms with van der Waals surface area (Å²) in [6.07, 6.45) is -1.52. The van der Waals surface area contributed by atoms with Gasteiger partial charge in [0.1, 0.15) is 48.3 Å². The lowest BCUT2D eigenvalue weighted by molar-refractivity contribution is 0.0485. The highest BCUT2D eigenvalue weighted by molar-refractivity contribution is 6.65. The van der Waals surface area contributed by atoms with Crippen molar-refractivity contribution in [1.29, 1.82) is 0 Å². The first-order chi connectivity index (χ1) is 29.1. The van der Waals surface area contributed by atoms with Crippen LogP contribution in [0.25, 0.3) is 0 Å². The van der Waals surface area contributed by atoms with Gasteiger partial charge in [0.25, 0.3) is 0 Å². The summed E-state index contributed by atoms with van der Waals surface area (Å²) in [6.45, 7) is 19.3. The SMILES string of the molecule is CC(C)(C)OC(=O)NC[C@H]1OB2OCCOc3cccc1c32.Cc1ccc2c3c1[C@@H](CN)OB3OCCO2.Cc1ccc2c3c1[C@@H](CNC(=O)OC(C)(C)C)OB3OCCO2.Cl.Cl. The van der Waals surface area contributed by atoms with Gasteiger partial charge < -0.3 is 68.0 Å². The van der Waals surface area contributed by atoms with Crippen LogP contribution in [0.1, 0.15) is 87.7 Å². The average molecular weight is 916 g/mol. The van der Waals surface area contributed by atoms with Crippen LogP contribution in [-0.4, -0.2) is 104 Å². The Balaban J connectivity index is 0.000000178. The van der Waals surface area contributed by atoms with Crippen LogP contribution in [-0.2, 0) is 37.4 Å². The molecule has 3 aromatic carbocycles. The van der Waals surface area contributed by atoms with E-state index in [0.717, 1.165) is 55.9 Å². The first-order valence-corrected chi connectivity index (χ1v) is 20.8. The molecule has 3 aromatic rings. The van der Waals surface area contributed by atoms with Crippen LogP contribution in [0.2, 0.25) is 0 Å². The molecule has 342 valence electrons. The third kappa shape index (κ3) is 12.1. The van der Waals surface area contributed by atoms with Crippen molar-refractivity contribution in [3.63, 3.8) is 0 Å². The van der Waals surface area contributed by atoms with Gasteiger partial charge in [0, 0.05) is 36.0 Å². The van der Waals surface area contributed by atoms with Crippen molar-refractivity contribution in [3.8, 4) is 17.2 Å². The lowest BCUT2D eigenvalue weighted by Gasteiger charge is -2.21. The van der Waals surface area contributed by atoms with E-state index in [1.165, 1.54) is 5.56 Å². The van der Waals surface area contributed by atoms with E-state index in [1.807, 2.05) is 90.9 Å². The van der Waals surface area contributed by atoms with Crippen molar-refractivity contribution in [3.05, 3.63) is 70.3 Å². The quantitative estimate of drug-likeness (QED) is 0.312. The molecule has 0 spiro atoms. The lowest BCUT2D eigenvalue weighted by Crippen LogP contribution is -2.35. The molecule has 0 fully saturated rings. The number of rotatable bonds is 5. The number of nitrogens with two attached hydrogens (primary N) is 1. The predicted octanol–water partition coefficient (Wildman–Crippen LogP) is 4.05. The summed E-state index contributed by atoms with van der Waals surface area (Å²) >= 11 is 0. The fourth-order valence-corrected chi connectivity index (χ4v) is 7.87. The summed E-state index contributed by atoms with van der Waals surface area (Å²) in [6, 6.07) is 13.8. The minimum absolute atomic E-state index is 0. The Labute approximate surface area is 382 Å². The minimum atomic E-state index is -0.526. The van der Waals surface area contributed by atoms with Crippen LogP contribution < -0.4 is 47.0 Å². The number of hydrogen-bond acceptors (Lipinski definition) is 14. The second-order valence-electron chi connectivity index (χ2n) is 17.2. The number of ether oxygens (including phenoxy) is 5. The smallest absolute Gasteiger partial charge is 0.492 e. The molecule has 0 saturated carbocycles. The Kier molecular flexibility index (Phi) is 17.0. The fraction of sp³-hybridized carbons (Fsp3) is 0.524. The van der Waals surface area contributed by atoms with Gasteiger partial charge in [0.15, 0.2) is 0 Å². The maximum atomic E-state index is 11.9. The molecule has 4 N–H and O–H groups in total. The van der Waals surface area contributed by atoms with E-state index < -0.39 is 37.6 Å². The van der Waals surface area contributed by atoms with Crippen LogP contribution in [0, 0.1) is 13.8 Å². The van der Waals surface area contributed by atoms with Gasteiger partial charge in [-0.1, -0.05) is 24.3 Å². The van der Waals surface area contributed by atoms with E-state index >= 15 is 0 Å². The number of carbonyl (C=O) groups excluding carboxylic acids is 2. The number of aryl methyl sites for hydroxylation is 2. The molecule has 9 rings (SSSR count). The molecule has 2 amide bonds. The Bertz CT molecular complexity index is 2080. The summed E-state index contributed by atoms with van der Waals surface area (Å²) in [7, 11) is -1.17. The summed E-state index contributed by atoms with van der Waals surface area (Å²) < 4.78 is 62.2. The van der Waals surface area contributed by atoms with Gasteiger partial charge in [0.2, 0.25) is 0 Å². The van der Waals surface area contributed by atoms with Crippen LogP contribution >= 0.6 is 24.8 Å². The molecule has 0 aromatic heterocycles. The van der Waals surface area contributed by atoms with Crippen LogP contribution in [0.15, 0.2) is 42.5 Å². The van der Waals surface area contributed by atoms with Crippen LogP contribution in [0.4, 0.5) is 9.59 Å². The van der Waals surface area contributed by atoms with E-state index in [-0.39, 0.29) is 50.2 Å². The number of alkyl carbamates (subject to hydrolysis) is 2. The van der Waals surface area contributed by atoms with Crippen molar-refractivity contribution >= 4 is 74.7 Å². The third-order valence-electron chi connectivity index (χ3n) is 10.3. The minimum Gasteiger partial charge on any atom is -0.492 e. The van der Waals surface area contributed by atoms with E-state index in [9.17, 15) is 9.59 Å². The number of benzene rings is 3. The molecular weight excluding hydrogens is 858 g/mol. The number of nitrogens with one attached hydrogen (secondary N) is 2. The summed E-state index contributed by atoms with van der Waals surface area (Å²) in [5.41, 5.74) is 13.0. The van der Waals surface area contributed by atoms with Gasteiger partial charge in [-0.15, -0.1) is 24.8 Å². The molecule has 6 aliphatic heterocycles. The normalized spacial score (nSPS) is 19.9. The van der Waals surface area contributed by atoms with Crippen molar-refractivity contribution in [2.75, 3.05) is 59.3 Å². The zero-order valence-corrected chi connectivity index (χ0v) is 38.7. The summed E-state index contributed by atoms with van der Waals surface area (Å²) in [5.74, 6) is 2.46. The van der Waals surface area contributed by atoms with Crippen molar-refractivity contribution in [2.24, 2.45) is 5.73 Å². The first-order valence-electron chi connectivity index (χ1n) is 20.8. The Morgan fingerprint density at radius 3 is 1.49 bits per heavy atom. The molecule has 3 atom stereocenters. The Morgan fingerprint density at radius 2 is 1.02 bits per heavy atom. The maximum Gasteiger partial charge on any atom is 0.498 e. The monoisotopic (exact) mass is 915 g/mol. The molecule has 0 radical (unpaired) electrons. The number of amides is 2. The third-order valence-corrected chi connectivity index (χ3v) is 10.3. The number of halogens is 2. The molecule has 6 aliphatic rings. The summed E-state index contributed by atoms with van der Waals surface area (Å²) in [4.78, 5) is 23.6. The van der Waals surface area contributed by atoms with Crippen molar-refractivity contribution < 1.29 is 61.2 Å². The van der Waals surface area contributed by atoms with Crippen molar-refractivity contribution in [2.45, 2.75) is 84.9 Å². The average Bonchev–Trinajstić information content (AvgIpc) is 3.70. The molecule has 63 heavy (non-hydrogen) atoms. The molecule has 0 bridgehead atoms. The van der Waals surface area contributed by atoms with Gasteiger partial charge in [0.05, 0.1) is 38.1 Å². The number of carbonyl (C=O) groups is 2. The fourth-order valence-electron chi connectivity index (χ4n) is 7.87. The number of hydrogen-bond donors (Lipinski definition) is 3. The Morgan fingerprint density at radius 1 is 0.603 bits per heavy atom. The molecule has 21 heteroatoms. The zero-order chi connectivity index (χ0) is 43.5. The maximum absolute atomic E-state index is 11.9. The van der Waals surface area contributed by atoms with Crippen molar-refractivity contribution in [1.82, 2.24) is 10.6 Å². The second kappa shape index (κ2) is 21.4. The molecule has 0 unspecified atom stereocenters. The Hall–Kier alpha value is -3.91. The molecular formula is C42H58B3Cl2N3O13. The van der Waals surface area contributed by atoms with E-state index in [0.29, 0.717) is 59.3 Å². The molecule has 6 heterocycles. The lowest BCUT2D eigenvalue weighted by atomic mass is 9.76. The second-order valence-corrected chi connectivity index (χ2v) is 17.2. The van der Waals surface area contributed by atoms with Crippen LogP contribution in [0.5, 0.6) is 17.2 Å². The zero-order valence-electron chi connectivity index (χ0n) is 37.1. The van der Waals surface area contributed by atoms with Gasteiger partial charge in [-0.05, 0) is 101 Å². The highest BCUT2D eigenvalue weighted by Gasteiger charge is 2.44. The van der Waals surface area contributed by atoms with Gasteiger partial charge >= 0.3 is 33.5 Å². The van der Waals surface area contributed by atoms with E-state index in [2.05, 4.69) is 17.6 Å². The van der Waals surface area contributed by atoms with Gasteiger partial charge in [-0.25, -0.2) is 9.59 Å². The van der Waals surface area contributed by atoms with E-state index in [1.54, 1.807) is 0 Å². The van der Waals surface area contributed by atoms with E-state index in [4.69, 9.17) is 57.3 Å². The largest absolute Gasteiger partial charge is 0.498 e. The molecule has 0 saturated heterocycles. The van der Waals surface area contributed by atoms with Gasteiger partial charge in [-0.2, -0.15) is 0 Å². The first kappa shape index (κ1) is 50.1. The summed E-state index contributed by atoms with van der Waals surface area (Å²) in [5, 5.41) is 5.51. The standard InChI is InChI=1S/C16H22BNO5.C15H20BNO5.C11H14BNO3.2ClH/c1-10-5-6-11-14-13(10)12(23-17(14)21-8-7-20-11)9-18-15(19)22-16(2,3)4;1-15(2,3)21-14(18)17-9-12-10-5-4-6-11-13(10)16(22-12)20-8-7-19-11;1-7-2-3-8-11-10(7)9(6-13)16-12(11)15-5-4-14-8;;/h5-6,12H,7-9H2,1-4H3,(H,18,19);4-6,12H,7-9H2,1-3H3,(H,17,18);2-3,9H,4-6,13H2,1H3;2*1H/t2*12-;9-;;/m111../s1. The molecule has 0 aliphatic carbocycles. The highest BCUT2D eigenvalue weighted by Crippen LogP contribution is 2.34. The topological polar surface area (TPSA) is 186 Å². The highest BCUT2D eigenvalue weighted by atomic mass is 35.5. The van der Waals surface area contributed by atoms with Crippen LogP contribution in [0.3, 0.4) is 0 Å². The van der Waals surface area contributed by atoms with Gasteiger partial charge in [-0.3, -0.25) is 0 Å². The predicted molar refractivity (Wildman–Crippen MR) is 243 cm³/mol. The molecule has 16 nitrogen and oxygen atoms in total.